The SMILES string of the molecule is COc1ncc(-c2ccc3ncc(N)n3n2)cc1NSc1ccc(F)cc1F. The van der Waals surface area contributed by atoms with Crippen molar-refractivity contribution in [1.29, 1.82) is 0 Å². The summed E-state index contributed by atoms with van der Waals surface area (Å²) < 4.78 is 36.7. The van der Waals surface area contributed by atoms with Crippen LogP contribution in [0, 0.1) is 11.6 Å². The highest BCUT2D eigenvalue weighted by molar-refractivity contribution is 8.00. The number of nitrogens with zero attached hydrogens (tertiary/aromatic N) is 4. The molecule has 0 atom stereocenters. The first-order valence-corrected chi connectivity index (χ1v) is 8.89. The van der Waals surface area contributed by atoms with Gasteiger partial charge in [-0.15, -0.1) is 0 Å². The molecule has 3 aromatic heterocycles. The summed E-state index contributed by atoms with van der Waals surface area (Å²) in [5.41, 5.74) is 8.31. The van der Waals surface area contributed by atoms with Crippen LogP contribution in [0.3, 0.4) is 0 Å². The molecule has 7 nitrogen and oxygen atoms in total. The monoisotopic (exact) mass is 400 g/mol. The molecule has 3 N–H and O–H groups in total. The maximum atomic E-state index is 13.9. The molecule has 0 aliphatic heterocycles. The quantitative estimate of drug-likeness (QED) is 0.493. The Hall–Kier alpha value is -3.40. The smallest absolute Gasteiger partial charge is 0.237 e. The first-order valence-electron chi connectivity index (χ1n) is 8.08. The van der Waals surface area contributed by atoms with E-state index in [9.17, 15) is 8.78 Å². The molecular weight excluding hydrogens is 386 g/mol. The van der Waals surface area contributed by atoms with Crippen LogP contribution < -0.4 is 15.2 Å². The van der Waals surface area contributed by atoms with E-state index < -0.39 is 11.6 Å². The summed E-state index contributed by atoms with van der Waals surface area (Å²) in [5.74, 6) is -0.562. The third kappa shape index (κ3) is 3.41. The highest BCUT2D eigenvalue weighted by atomic mass is 32.2. The van der Waals surface area contributed by atoms with Crippen molar-refractivity contribution in [1.82, 2.24) is 19.6 Å². The number of imidazole rings is 1. The van der Waals surface area contributed by atoms with Gasteiger partial charge in [-0.05, 0) is 42.3 Å². The maximum absolute atomic E-state index is 13.9. The van der Waals surface area contributed by atoms with E-state index in [1.165, 1.54) is 30.0 Å². The normalized spacial score (nSPS) is 11.0. The van der Waals surface area contributed by atoms with Crippen molar-refractivity contribution in [3.05, 3.63) is 60.4 Å². The Morgan fingerprint density at radius 1 is 1.11 bits per heavy atom. The Balaban J connectivity index is 1.65. The number of aromatic nitrogens is 4. The van der Waals surface area contributed by atoms with Crippen LogP contribution in [0.15, 0.2) is 53.7 Å². The summed E-state index contributed by atoms with van der Waals surface area (Å²) in [6, 6.07) is 8.71. The number of nitrogen functional groups attached to an aromatic ring is 1. The second-order valence-electron chi connectivity index (χ2n) is 5.73. The summed E-state index contributed by atoms with van der Waals surface area (Å²) in [6.45, 7) is 0. The van der Waals surface area contributed by atoms with E-state index in [0.717, 1.165) is 18.0 Å². The number of hydrogen-bond donors (Lipinski definition) is 2. The van der Waals surface area contributed by atoms with E-state index in [4.69, 9.17) is 10.5 Å². The standard InChI is InChI=1S/C18H14F2N6OS/c1-27-18-14(25-28-15-4-2-11(19)7-12(15)20)6-10(8-23-18)13-3-5-17-22-9-16(21)26(17)24-13/h2-9,25H,21H2,1H3. The lowest BCUT2D eigenvalue weighted by Gasteiger charge is -2.11. The van der Waals surface area contributed by atoms with Crippen LogP contribution >= 0.6 is 11.9 Å². The highest BCUT2D eigenvalue weighted by Gasteiger charge is 2.12. The Morgan fingerprint density at radius 3 is 2.75 bits per heavy atom. The van der Waals surface area contributed by atoms with Crippen molar-refractivity contribution < 1.29 is 13.5 Å². The summed E-state index contributed by atoms with van der Waals surface area (Å²) in [6.07, 6.45) is 3.13. The molecule has 28 heavy (non-hydrogen) atoms. The fraction of sp³-hybridized carbons (Fsp3) is 0.0556. The Morgan fingerprint density at radius 2 is 1.96 bits per heavy atom. The van der Waals surface area contributed by atoms with Gasteiger partial charge in [0.05, 0.1) is 23.9 Å². The van der Waals surface area contributed by atoms with E-state index in [-0.39, 0.29) is 4.90 Å². The zero-order valence-corrected chi connectivity index (χ0v) is 15.4. The molecule has 0 fully saturated rings. The van der Waals surface area contributed by atoms with Crippen LogP contribution in [-0.2, 0) is 0 Å². The first-order chi connectivity index (χ1) is 13.5. The van der Waals surface area contributed by atoms with Crippen LogP contribution in [0.4, 0.5) is 20.3 Å². The van der Waals surface area contributed by atoms with E-state index in [2.05, 4.69) is 19.8 Å². The minimum Gasteiger partial charge on any atom is -0.480 e. The van der Waals surface area contributed by atoms with Crippen LogP contribution in [-0.4, -0.2) is 26.7 Å². The molecule has 0 amide bonds. The number of hydrogen-bond acceptors (Lipinski definition) is 7. The molecule has 0 aliphatic rings. The zero-order chi connectivity index (χ0) is 19.7. The third-order valence-corrected chi connectivity index (χ3v) is 4.77. The van der Waals surface area contributed by atoms with Crippen molar-refractivity contribution in [2.75, 3.05) is 17.6 Å². The van der Waals surface area contributed by atoms with Crippen molar-refractivity contribution in [2.24, 2.45) is 0 Å². The zero-order valence-electron chi connectivity index (χ0n) is 14.6. The molecule has 0 radical (unpaired) electrons. The fourth-order valence-corrected chi connectivity index (χ4v) is 3.20. The van der Waals surface area contributed by atoms with Gasteiger partial charge in [0.15, 0.2) is 5.65 Å². The van der Waals surface area contributed by atoms with Crippen LogP contribution in [0.1, 0.15) is 0 Å². The average Bonchev–Trinajstić information content (AvgIpc) is 3.07. The Labute approximate surface area is 162 Å². The summed E-state index contributed by atoms with van der Waals surface area (Å²) in [4.78, 5) is 8.64. The number of anilines is 2. The Bertz CT molecular complexity index is 1170. The van der Waals surface area contributed by atoms with Gasteiger partial charge in [0.2, 0.25) is 5.88 Å². The van der Waals surface area contributed by atoms with Gasteiger partial charge in [0, 0.05) is 17.8 Å². The molecule has 0 spiro atoms. The van der Waals surface area contributed by atoms with E-state index in [1.807, 2.05) is 0 Å². The van der Waals surface area contributed by atoms with E-state index >= 15 is 0 Å². The molecular formula is C18H14F2N6OS. The van der Waals surface area contributed by atoms with Crippen LogP contribution in [0.25, 0.3) is 16.9 Å². The minimum absolute atomic E-state index is 0.236. The number of nitrogens with two attached hydrogens (primary N) is 1. The van der Waals surface area contributed by atoms with Gasteiger partial charge in [-0.3, -0.25) is 0 Å². The number of rotatable bonds is 5. The number of ether oxygens (including phenoxy) is 1. The van der Waals surface area contributed by atoms with E-state index in [1.54, 1.807) is 24.4 Å². The average molecular weight is 400 g/mol. The molecule has 0 aliphatic carbocycles. The number of halogens is 2. The van der Waals surface area contributed by atoms with Gasteiger partial charge in [-0.1, -0.05) is 0 Å². The summed E-state index contributed by atoms with van der Waals surface area (Å²) >= 11 is 0.981. The van der Waals surface area contributed by atoms with E-state index in [0.29, 0.717) is 34.3 Å². The van der Waals surface area contributed by atoms with Crippen molar-refractivity contribution in [3.63, 3.8) is 0 Å². The molecule has 142 valence electrons. The van der Waals surface area contributed by atoms with Gasteiger partial charge in [0.1, 0.15) is 23.1 Å². The predicted octanol–water partition coefficient (Wildman–Crippen LogP) is 3.78. The predicted molar refractivity (Wildman–Crippen MR) is 103 cm³/mol. The summed E-state index contributed by atoms with van der Waals surface area (Å²) in [5, 5.41) is 4.46. The molecule has 1 aromatic carbocycles. The molecule has 10 heteroatoms. The Kier molecular flexibility index (Phi) is 4.70. The maximum Gasteiger partial charge on any atom is 0.237 e. The number of fused-ring (bicyclic) bond motifs is 1. The number of benzene rings is 1. The van der Waals surface area contributed by atoms with Crippen LogP contribution in [0.2, 0.25) is 0 Å². The van der Waals surface area contributed by atoms with Gasteiger partial charge in [-0.2, -0.15) is 9.61 Å². The molecule has 0 unspecified atom stereocenters. The fourth-order valence-electron chi connectivity index (χ4n) is 2.54. The number of pyridine rings is 1. The van der Waals surface area contributed by atoms with Gasteiger partial charge in [-0.25, -0.2) is 18.7 Å². The van der Waals surface area contributed by atoms with Crippen molar-refractivity contribution >= 4 is 29.1 Å². The number of nitrogens with one attached hydrogen (secondary N) is 1. The molecule has 0 bridgehead atoms. The topological polar surface area (TPSA) is 90.4 Å². The first kappa shape index (κ1) is 18.0. The minimum atomic E-state index is -0.664. The lowest BCUT2D eigenvalue weighted by Crippen LogP contribution is -2.00. The molecule has 4 aromatic rings. The lowest BCUT2D eigenvalue weighted by molar-refractivity contribution is 0.400. The van der Waals surface area contributed by atoms with Gasteiger partial charge in [0.25, 0.3) is 0 Å². The molecule has 4 rings (SSSR count). The molecule has 0 saturated heterocycles. The second kappa shape index (κ2) is 7.31. The second-order valence-corrected chi connectivity index (χ2v) is 6.58. The van der Waals surface area contributed by atoms with Gasteiger partial charge >= 0.3 is 0 Å². The molecule has 3 heterocycles. The largest absolute Gasteiger partial charge is 0.480 e. The van der Waals surface area contributed by atoms with Crippen LogP contribution in [0.5, 0.6) is 5.88 Å². The third-order valence-electron chi connectivity index (χ3n) is 3.89. The van der Waals surface area contributed by atoms with Crippen molar-refractivity contribution in [2.45, 2.75) is 4.90 Å². The number of methoxy groups -OCH3 is 1. The lowest BCUT2D eigenvalue weighted by atomic mass is 10.2. The highest BCUT2D eigenvalue weighted by Crippen LogP contribution is 2.32. The molecule has 0 saturated carbocycles. The van der Waals surface area contributed by atoms with Crippen molar-refractivity contribution in [3.8, 4) is 17.1 Å². The van der Waals surface area contributed by atoms with Gasteiger partial charge < -0.3 is 15.2 Å². The summed E-state index contributed by atoms with van der Waals surface area (Å²) in [7, 11) is 1.48.